The van der Waals surface area contributed by atoms with E-state index in [1.165, 1.54) is 7.11 Å². The zero-order valence-electron chi connectivity index (χ0n) is 14.4. The lowest BCUT2D eigenvalue weighted by Crippen LogP contribution is -2.18. The van der Waals surface area contributed by atoms with E-state index in [2.05, 4.69) is 0 Å². The van der Waals surface area contributed by atoms with Crippen LogP contribution >= 0.6 is 7.37 Å². The van der Waals surface area contributed by atoms with Crippen LogP contribution in [0.15, 0.2) is 84.9 Å². The summed E-state index contributed by atoms with van der Waals surface area (Å²) in [5, 5.41) is 1.30. The average Bonchev–Trinajstić information content (AvgIpc) is 2.73. The smallest absolute Gasteiger partial charge is 0.337 e. The summed E-state index contributed by atoms with van der Waals surface area (Å²) in [7, 11) is -1.88. The molecule has 0 amide bonds. The molecule has 0 aliphatic carbocycles. The molecule has 3 rings (SSSR count). The maximum atomic E-state index is 13.7. The summed E-state index contributed by atoms with van der Waals surface area (Å²) in [6, 6.07) is 25.3. The summed E-state index contributed by atoms with van der Waals surface area (Å²) in [6.07, 6.45) is 0. The molecule has 0 saturated carbocycles. The number of rotatable bonds is 6. The van der Waals surface area contributed by atoms with Crippen molar-refractivity contribution in [2.45, 2.75) is 6.61 Å². The molecule has 0 aliphatic heterocycles. The Morgan fingerprint density at radius 1 is 0.808 bits per heavy atom. The fourth-order valence-corrected chi connectivity index (χ4v) is 4.62. The predicted octanol–water partition coefficient (Wildman–Crippen LogP) is 3.92. The quantitative estimate of drug-likeness (QED) is 0.490. The molecule has 0 fully saturated rings. The van der Waals surface area contributed by atoms with Crippen LogP contribution in [0.5, 0.6) is 0 Å². The maximum absolute atomic E-state index is 13.7. The fourth-order valence-electron chi connectivity index (χ4n) is 2.57. The molecule has 0 unspecified atom stereocenters. The highest BCUT2D eigenvalue weighted by molar-refractivity contribution is 7.74. The monoisotopic (exact) mass is 366 g/mol. The van der Waals surface area contributed by atoms with Crippen molar-refractivity contribution in [3.63, 3.8) is 0 Å². The molecule has 0 spiro atoms. The zero-order valence-corrected chi connectivity index (χ0v) is 15.3. The van der Waals surface area contributed by atoms with E-state index in [0.29, 0.717) is 16.2 Å². The van der Waals surface area contributed by atoms with Gasteiger partial charge in [-0.15, -0.1) is 0 Å². The molecule has 4 nitrogen and oxygen atoms in total. The Morgan fingerprint density at radius 3 is 1.77 bits per heavy atom. The molecule has 0 radical (unpaired) electrons. The molecule has 0 atom stereocenters. The number of carbonyl (C=O) groups excluding carboxylic acids is 1. The zero-order chi connectivity index (χ0) is 18.4. The van der Waals surface area contributed by atoms with Crippen LogP contribution in [0.3, 0.4) is 0 Å². The first-order valence-corrected chi connectivity index (χ1v) is 9.79. The summed E-state index contributed by atoms with van der Waals surface area (Å²) in [5.41, 5.74) is 1.29. The second-order valence-corrected chi connectivity index (χ2v) is 8.08. The van der Waals surface area contributed by atoms with Crippen molar-refractivity contribution in [1.29, 1.82) is 0 Å². The van der Waals surface area contributed by atoms with E-state index < -0.39 is 13.3 Å². The van der Waals surface area contributed by atoms with Gasteiger partial charge >= 0.3 is 5.97 Å². The molecule has 0 aromatic heterocycles. The highest BCUT2D eigenvalue weighted by Crippen LogP contribution is 2.45. The number of hydrogen-bond donors (Lipinski definition) is 0. The second kappa shape index (κ2) is 8.13. The number of ether oxygens (including phenoxy) is 1. The van der Waals surface area contributed by atoms with E-state index in [9.17, 15) is 9.36 Å². The minimum atomic E-state index is -3.22. The molecule has 0 aliphatic rings. The molecular weight excluding hydrogens is 347 g/mol. The van der Waals surface area contributed by atoms with E-state index in [0.717, 1.165) is 5.56 Å². The Morgan fingerprint density at radius 2 is 1.31 bits per heavy atom. The first kappa shape index (κ1) is 18.1. The van der Waals surface area contributed by atoms with Gasteiger partial charge in [0.2, 0.25) is 0 Å². The predicted molar refractivity (Wildman–Crippen MR) is 102 cm³/mol. The van der Waals surface area contributed by atoms with Crippen LogP contribution in [0, 0.1) is 0 Å². The van der Waals surface area contributed by atoms with Gasteiger partial charge in [0.25, 0.3) is 7.37 Å². The molecule has 0 N–H and O–H groups in total. The maximum Gasteiger partial charge on any atom is 0.337 e. The van der Waals surface area contributed by atoms with Crippen molar-refractivity contribution < 1.29 is 18.6 Å². The van der Waals surface area contributed by atoms with Crippen molar-refractivity contribution in [3.05, 3.63) is 96.1 Å². The van der Waals surface area contributed by atoms with Crippen LogP contribution < -0.4 is 10.6 Å². The summed E-state index contributed by atoms with van der Waals surface area (Å²) in [4.78, 5) is 11.5. The molecule has 0 heterocycles. The second-order valence-electron chi connectivity index (χ2n) is 5.68. The number of hydrogen-bond acceptors (Lipinski definition) is 4. The van der Waals surface area contributed by atoms with Crippen LogP contribution in [-0.2, 0) is 20.4 Å². The Labute approximate surface area is 152 Å². The highest BCUT2D eigenvalue weighted by atomic mass is 31.2. The van der Waals surface area contributed by atoms with E-state index in [1.54, 1.807) is 24.3 Å². The van der Waals surface area contributed by atoms with E-state index in [1.807, 2.05) is 60.7 Å². The number of benzene rings is 3. The lowest BCUT2D eigenvalue weighted by Gasteiger charge is -2.19. The number of methoxy groups -OCH3 is 1. The van der Waals surface area contributed by atoms with E-state index >= 15 is 0 Å². The van der Waals surface area contributed by atoms with Gasteiger partial charge in [-0.25, -0.2) is 4.79 Å². The normalized spacial score (nSPS) is 11.1. The summed E-state index contributed by atoms with van der Waals surface area (Å²) >= 11 is 0. The Balaban J connectivity index is 1.86. The topological polar surface area (TPSA) is 52.6 Å². The minimum Gasteiger partial charge on any atom is -0.465 e. The highest BCUT2D eigenvalue weighted by Gasteiger charge is 2.28. The average molecular weight is 366 g/mol. The SMILES string of the molecule is COC(=O)c1ccc(COP(=O)(c2ccccc2)c2ccccc2)cc1. The van der Waals surface area contributed by atoms with Crippen molar-refractivity contribution in [1.82, 2.24) is 0 Å². The molecule has 3 aromatic rings. The number of esters is 1. The van der Waals surface area contributed by atoms with Crippen LogP contribution in [0.25, 0.3) is 0 Å². The molecule has 0 saturated heterocycles. The molecule has 26 heavy (non-hydrogen) atoms. The van der Waals surface area contributed by atoms with Gasteiger partial charge in [-0.05, 0) is 42.0 Å². The third-order valence-corrected chi connectivity index (χ3v) is 6.43. The van der Waals surface area contributed by atoms with Gasteiger partial charge in [0.15, 0.2) is 0 Å². The summed E-state index contributed by atoms with van der Waals surface area (Å²) < 4.78 is 24.4. The van der Waals surface area contributed by atoms with Crippen LogP contribution in [0.2, 0.25) is 0 Å². The molecule has 3 aromatic carbocycles. The minimum absolute atomic E-state index is 0.169. The van der Waals surface area contributed by atoms with E-state index in [4.69, 9.17) is 9.26 Å². The lowest BCUT2D eigenvalue weighted by atomic mass is 10.1. The van der Waals surface area contributed by atoms with Crippen LogP contribution in [0.4, 0.5) is 0 Å². The van der Waals surface area contributed by atoms with Crippen LogP contribution in [0.1, 0.15) is 15.9 Å². The van der Waals surface area contributed by atoms with Crippen molar-refractivity contribution in [2.24, 2.45) is 0 Å². The van der Waals surface area contributed by atoms with Crippen LogP contribution in [-0.4, -0.2) is 13.1 Å². The van der Waals surface area contributed by atoms with Gasteiger partial charge in [-0.1, -0.05) is 48.5 Å². The van der Waals surface area contributed by atoms with Crippen molar-refractivity contribution in [2.75, 3.05) is 7.11 Å². The molecular formula is C21H19O4P. The van der Waals surface area contributed by atoms with Crippen molar-refractivity contribution in [3.8, 4) is 0 Å². The van der Waals surface area contributed by atoms with Gasteiger partial charge in [0.05, 0.1) is 19.3 Å². The molecule has 132 valence electrons. The Kier molecular flexibility index (Phi) is 5.67. The molecule has 0 bridgehead atoms. The Bertz CT molecular complexity index is 862. The number of carbonyl (C=O) groups is 1. The first-order valence-electron chi connectivity index (χ1n) is 8.16. The third-order valence-electron chi connectivity index (χ3n) is 3.98. The van der Waals surface area contributed by atoms with Gasteiger partial charge in [0, 0.05) is 10.6 Å². The van der Waals surface area contributed by atoms with Crippen molar-refractivity contribution >= 4 is 23.9 Å². The van der Waals surface area contributed by atoms with Gasteiger partial charge in [-0.2, -0.15) is 0 Å². The fraction of sp³-hybridized carbons (Fsp3) is 0.0952. The van der Waals surface area contributed by atoms with Gasteiger partial charge in [-0.3, -0.25) is 4.57 Å². The van der Waals surface area contributed by atoms with E-state index in [-0.39, 0.29) is 6.61 Å². The summed E-state index contributed by atoms with van der Waals surface area (Å²) in [6.45, 7) is 0.169. The third kappa shape index (κ3) is 3.93. The lowest BCUT2D eigenvalue weighted by molar-refractivity contribution is 0.0600. The van der Waals surface area contributed by atoms with Gasteiger partial charge < -0.3 is 9.26 Å². The summed E-state index contributed by atoms with van der Waals surface area (Å²) in [5.74, 6) is -0.392. The molecule has 5 heteroatoms. The standard InChI is InChI=1S/C21H19O4P/c1-24-21(22)18-14-12-17(13-15-18)16-25-26(23,19-8-4-2-5-9-19)20-10-6-3-7-11-20/h2-15H,16H2,1H3. The largest absolute Gasteiger partial charge is 0.465 e. The Hall–Kier alpha value is -2.68. The van der Waals surface area contributed by atoms with Gasteiger partial charge in [0.1, 0.15) is 0 Å². The first-order chi connectivity index (χ1) is 12.6.